The molecule has 0 spiro atoms. The van der Waals surface area contributed by atoms with Gasteiger partial charge in [-0.25, -0.2) is 0 Å². The van der Waals surface area contributed by atoms with Crippen molar-refractivity contribution < 1.29 is 4.74 Å². The van der Waals surface area contributed by atoms with Crippen molar-refractivity contribution in [2.75, 3.05) is 51.4 Å². The molecule has 0 amide bonds. The summed E-state index contributed by atoms with van der Waals surface area (Å²) in [5.41, 5.74) is 8.67. The number of anilines is 2. The van der Waals surface area contributed by atoms with Crippen molar-refractivity contribution in [2.45, 2.75) is 0 Å². The van der Waals surface area contributed by atoms with Crippen LogP contribution in [0.3, 0.4) is 0 Å². The number of fused-ring (bicyclic) bond motifs is 1. The van der Waals surface area contributed by atoms with E-state index in [1.165, 1.54) is 0 Å². The lowest BCUT2D eigenvalue weighted by atomic mass is 10.1. The van der Waals surface area contributed by atoms with E-state index in [4.69, 9.17) is 10.5 Å². The number of nitrogens with two attached hydrogens (primary N) is 1. The normalized spacial score (nSPS) is 11.2. The smallest absolute Gasteiger partial charge is 0.0953 e. The highest BCUT2D eigenvalue weighted by Gasteiger charge is 2.05. The second kappa shape index (κ2) is 7.07. The Hall–Kier alpha value is -1.85. The zero-order chi connectivity index (χ0) is 14.4. The standard InChI is InChI=1S/C15H22N4O/c1-19(10-11-20-2)9-8-17-14-6-5-13(16)12-4-3-7-18-15(12)14/h3-7,17H,8-11,16H2,1-2H3. The summed E-state index contributed by atoms with van der Waals surface area (Å²) in [7, 11) is 3.80. The molecular weight excluding hydrogens is 252 g/mol. The van der Waals surface area contributed by atoms with E-state index in [1.54, 1.807) is 13.3 Å². The van der Waals surface area contributed by atoms with Crippen LogP contribution >= 0.6 is 0 Å². The zero-order valence-electron chi connectivity index (χ0n) is 12.1. The Morgan fingerprint density at radius 1 is 1.30 bits per heavy atom. The van der Waals surface area contributed by atoms with Gasteiger partial charge in [0.25, 0.3) is 0 Å². The van der Waals surface area contributed by atoms with Crippen LogP contribution in [-0.4, -0.2) is 50.3 Å². The topological polar surface area (TPSA) is 63.4 Å². The lowest BCUT2D eigenvalue weighted by Crippen LogP contribution is -2.28. The molecule has 0 saturated carbocycles. The molecule has 0 aliphatic rings. The fraction of sp³-hybridized carbons (Fsp3) is 0.400. The molecule has 1 aromatic carbocycles. The average Bonchev–Trinajstić information content (AvgIpc) is 2.48. The first-order valence-corrected chi connectivity index (χ1v) is 6.77. The van der Waals surface area contributed by atoms with Gasteiger partial charge < -0.3 is 20.7 Å². The first kappa shape index (κ1) is 14.6. The molecule has 108 valence electrons. The Kier molecular flexibility index (Phi) is 5.15. The van der Waals surface area contributed by atoms with E-state index in [9.17, 15) is 0 Å². The monoisotopic (exact) mass is 274 g/mol. The van der Waals surface area contributed by atoms with Gasteiger partial charge in [0.15, 0.2) is 0 Å². The lowest BCUT2D eigenvalue weighted by Gasteiger charge is -2.17. The maximum Gasteiger partial charge on any atom is 0.0953 e. The number of benzene rings is 1. The quantitative estimate of drug-likeness (QED) is 0.754. The van der Waals surface area contributed by atoms with Crippen molar-refractivity contribution in [2.24, 2.45) is 0 Å². The fourth-order valence-electron chi connectivity index (χ4n) is 2.08. The molecule has 1 aromatic heterocycles. The predicted molar refractivity (Wildman–Crippen MR) is 84.0 cm³/mol. The van der Waals surface area contributed by atoms with E-state index < -0.39 is 0 Å². The average molecular weight is 274 g/mol. The van der Waals surface area contributed by atoms with Crippen LogP contribution in [0, 0.1) is 0 Å². The molecule has 1 heterocycles. The highest BCUT2D eigenvalue weighted by molar-refractivity contribution is 5.98. The molecule has 0 aliphatic heterocycles. The Labute approximate surface area is 119 Å². The van der Waals surface area contributed by atoms with E-state index in [1.807, 2.05) is 24.3 Å². The second-order valence-electron chi connectivity index (χ2n) is 4.82. The van der Waals surface area contributed by atoms with Crippen molar-refractivity contribution in [1.82, 2.24) is 9.88 Å². The van der Waals surface area contributed by atoms with Crippen molar-refractivity contribution in [3.63, 3.8) is 0 Å². The number of methoxy groups -OCH3 is 1. The van der Waals surface area contributed by atoms with Crippen LogP contribution in [-0.2, 0) is 4.74 Å². The molecule has 0 radical (unpaired) electrons. The molecule has 20 heavy (non-hydrogen) atoms. The summed E-state index contributed by atoms with van der Waals surface area (Å²) in [5, 5.41) is 4.41. The van der Waals surface area contributed by atoms with Crippen LogP contribution in [0.2, 0.25) is 0 Å². The van der Waals surface area contributed by atoms with Crippen LogP contribution in [0.15, 0.2) is 30.5 Å². The molecule has 2 aromatic rings. The molecule has 0 aliphatic carbocycles. The van der Waals surface area contributed by atoms with Crippen molar-refractivity contribution >= 4 is 22.3 Å². The highest BCUT2D eigenvalue weighted by atomic mass is 16.5. The van der Waals surface area contributed by atoms with Gasteiger partial charge in [-0.05, 0) is 31.3 Å². The predicted octanol–water partition coefficient (Wildman–Crippen LogP) is 1.81. The Balaban J connectivity index is 1.98. The molecule has 0 atom stereocenters. The number of likely N-dealkylation sites (N-methyl/N-ethyl adjacent to an activating group) is 1. The molecule has 0 fully saturated rings. The fourth-order valence-corrected chi connectivity index (χ4v) is 2.08. The largest absolute Gasteiger partial charge is 0.398 e. The van der Waals surface area contributed by atoms with Crippen LogP contribution in [0.25, 0.3) is 10.9 Å². The SMILES string of the molecule is COCCN(C)CCNc1ccc(N)c2cccnc12. The van der Waals surface area contributed by atoms with E-state index in [2.05, 4.69) is 22.2 Å². The van der Waals surface area contributed by atoms with E-state index in [-0.39, 0.29) is 0 Å². The number of hydrogen-bond donors (Lipinski definition) is 2. The van der Waals surface area contributed by atoms with Gasteiger partial charge in [0, 0.05) is 44.0 Å². The maximum atomic E-state index is 5.97. The van der Waals surface area contributed by atoms with Gasteiger partial charge in [-0.1, -0.05) is 0 Å². The minimum Gasteiger partial charge on any atom is -0.398 e. The molecule has 2 rings (SSSR count). The first-order valence-electron chi connectivity index (χ1n) is 6.77. The van der Waals surface area contributed by atoms with Gasteiger partial charge >= 0.3 is 0 Å². The van der Waals surface area contributed by atoms with Gasteiger partial charge in [0.2, 0.25) is 0 Å². The third-order valence-electron chi connectivity index (χ3n) is 3.29. The van der Waals surface area contributed by atoms with Gasteiger partial charge in [-0.3, -0.25) is 4.98 Å². The Morgan fingerprint density at radius 2 is 2.15 bits per heavy atom. The highest BCUT2D eigenvalue weighted by Crippen LogP contribution is 2.25. The second-order valence-corrected chi connectivity index (χ2v) is 4.82. The molecular formula is C15H22N4O. The number of ether oxygens (including phenoxy) is 1. The van der Waals surface area contributed by atoms with Gasteiger partial charge in [-0.2, -0.15) is 0 Å². The molecule has 5 nitrogen and oxygen atoms in total. The summed E-state index contributed by atoms with van der Waals surface area (Å²) < 4.78 is 5.06. The Morgan fingerprint density at radius 3 is 2.95 bits per heavy atom. The number of nitrogens with one attached hydrogen (secondary N) is 1. The van der Waals surface area contributed by atoms with Crippen LogP contribution in [0.5, 0.6) is 0 Å². The summed E-state index contributed by atoms with van der Waals surface area (Å²) in [4.78, 5) is 6.64. The summed E-state index contributed by atoms with van der Waals surface area (Å²) in [6, 6.07) is 7.80. The van der Waals surface area contributed by atoms with Crippen LogP contribution in [0.1, 0.15) is 0 Å². The van der Waals surface area contributed by atoms with Crippen molar-refractivity contribution in [1.29, 1.82) is 0 Å². The third-order valence-corrected chi connectivity index (χ3v) is 3.29. The number of hydrogen-bond acceptors (Lipinski definition) is 5. The molecule has 0 unspecified atom stereocenters. The molecule has 0 bridgehead atoms. The van der Waals surface area contributed by atoms with Gasteiger partial charge in [-0.15, -0.1) is 0 Å². The van der Waals surface area contributed by atoms with Crippen molar-refractivity contribution in [3.8, 4) is 0 Å². The van der Waals surface area contributed by atoms with E-state index in [0.717, 1.165) is 48.5 Å². The molecule has 3 N–H and O–H groups in total. The molecule has 0 saturated heterocycles. The zero-order valence-corrected chi connectivity index (χ0v) is 12.1. The van der Waals surface area contributed by atoms with Crippen LogP contribution < -0.4 is 11.1 Å². The third kappa shape index (κ3) is 3.59. The first-order chi connectivity index (χ1) is 9.72. The van der Waals surface area contributed by atoms with Crippen LogP contribution in [0.4, 0.5) is 11.4 Å². The molecule has 5 heteroatoms. The van der Waals surface area contributed by atoms with Gasteiger partial charge in [0.05, 0.1) is 17.8 Å². The minimum atomic E-state index is 0.753. The number of pyridine rings is 1. The van der Waals surface area contributed by atoms with E-state index >= 15 is 0 Å². The number of aromatic nitrogens is 1. The lowest BCUT2D eigenvalue weighted by molar-refractivity contribution is 0.163. The summed E-state index contributed by atoms with van der Waals surface area (Å²) in [6.45, 7) is 3.49. The number of nitrogen functional groups attached to an aromatic ring is 1. The van der Waals surface area contributed by atoms with Gasteiger partial charge in [0.1, 0.15) is 0 Å². The van der Waals surface area contributed by atoms with Crippen molar-refractivity contribution in [3.05, 3.63) is 30.5 Å². The minimum absolute atomic E-state index is 0.753. The Bertz CT molecular complexity index is 559. The van der Waals surface area contributed by atoms with E-state index in [0.29, 0.717) is 0 Å². The number of nitrogens with zero attached hydrogens (tertiary/aromatic N) is 2. The summed E-state index contributed by atoms with van der Waals surface area (Å²) in [6.07, 6.45) is 1.79. The summed E-state index contributed by atoms with van der Waals surface area (Å²) >= 11 is 0. The maximum absolute atomic E-state index is 5.97. The summed E-state index contributed by atoms with van der Waals surface area (Å²) in [5.74, 6) is 0. The number of rotatable bonds is 7.